The molecule has 2 aromatic carbocycles. The summed E-state index contributed by atoms with van der Waals surface area (Å²) in [5, 5.41) is 5.21. The number of piperidine rings is 1. The van der Waals surface area contributed by atoms with E-state index in [0.717, 1.165) is 30.6 Å². The van der Waals surface area contributed by atoms with Crippen LogP contribution in [0, 0.1) is 12.3 Å². The van der Waals surface area contributed by atoms with Gasteiger partial charge >= 0.3 is 0 Å². The fourth-order valence-corrected chi connectivity index (χ4v) is 6.93. The molecule has 1 saturated heterocycles. The zero-order valence-electron chi connectivity index (χ0n) is 18.0. The lowest BCUT2D eigenvalue weighted by Gasteiger charge is -2.25. The van der Waals surface area contributed by atoms with Gasteiger partial charge in [-0.3, -0.25) is 4.79 Å². The molecule has 12 heteroatoms. The molecule has 0 radical (unpaired) electrons. The highest BCUT2D eigenvalue weighted by atomic mass is 32.2. The molecule has 0 bridgehead atoms. The molecule has 1 aliphatic heterocycles. The van der Waals surface area contributed by atoms with Crippen LogP contribution < -0.4 is 9.94 Å². The van der Waals surface area contributed by atoms with E-state index in [1.807, 2.05) is 0 Å². The molecular formula is C22H22N4O5S3. The number of nitrogens with zero attached hydrogens (tertiary/aromatic N) is 3. The van der Waals surface area contributed by atoms with Gasteiger partial charge in [-0.25, -0.2) is 22.0 Å². The van der Waals surface area contributed by atoms with E-state index < -0.39 is 26.0 Å². The first kappa shape index (κ1) is 24.3. The van der Waals surface area contributed by atoms with Crippen LogP contribution in [0.4, 0.5) is 0 Å². The zero-order valence-corrected chi connectivity index (χ0v) is 20.5. The summed E-state index contributed by atoms with van der Waals surface area (Å²) in [6, 6.07) is 10.0. The third-order valence-corrected chi connectivity index (χ3v) is 9.35. The van der Waals surface area contributed by atoms with Gasteiger partial charge < -0.3 is 4.57 Å². The van der Waals surface area contributed by atoms with Crippen molar-refractivity contribution in [1.82, 2.24) is 8.87 Å². The highest BCUT2D eigenvalue weighted by Gasteiger charge is 2.26. The van der Waals surface area contributed by atoms with Crippen LogP contribution in [-0.4, -0.2) is 44.7 Å². The van der Waals surface area contributed by atoms with Gasteiger partial charge in [0.25, 0.3) is 5.91 Å². The van der Waals surface area contributed by atoms with Crippen molar-refractivity contribution in [2.24, 2.45) is 10.1 Å². The Hall–Kier alpha value is -2.82. The number of carbonyl (C=O) groups is 1. The number of rotatable bonds is 5. The van der Waals surface area contributed by atoms with E-state index in [9.17, 15) is 21.6 Å². The third kappa shape index (κ3) is 4.84. The van der Waals surface area contributed by atoms with E-state index >= 15 is 0 Å². The Morgan fingerprint density at radius 1 is 1.03 bits per heavy atom. The molecule has 0 atom stereocenters. The summed E-state index contributed by atoms with van der Waals surface area (Å²) in [4.78, 5) is 17.4. The van der Waals surface area contributed by atoms with Gasteiger partial charge in [-0.2, -0.15) is 9.30 Å². The minimum atomic E-state index is -3.89. The minimum Gasteiger partial charge on any atom is -0.305 e. The quantitative estimate of drug-likeness (QED) is 0.515. The van der Waals surface area contributed by atoms with Crippen molar-refractivity contribution in [3.63, 3.8) is 0 Å². The number of benzene rings is 2. The predicted molar refractivity (Wildman–Crippen MR) is 129 cm³/mol. The Morgan fingerprint density at radius 3 is 2.29 bits per heavy atom. The smallest absolute Gasteiger partial charge is 0.279 e. The Morgan fingerprint density at radius 2 is 1.68 bits per heavy atom. The average molecular weight is 519 g/mol. The van der Waals surface area contributed by atoms with Crippen molar-refractivity contribution in [1.29, 1.82) is 0 Å². The second-order valence-electron chi connectivity index (χ2n) is 7.76. The second kappa shape index (κ2) is 9.44. The first-order valence-electron chi connectivity index (χ1n) is 10.4. The van der Waals surface area contributed by atoms with E-state index in [-0.39, 0.29) is 26.7 Å². The average Bonchev–Trinajstić information content (AvgIpc) is 3.15. The highest BCUT2D eigenvalue weighted by Crippen LogP contribution is 2.23. The number of aromatic nitrogens is 1. The molecule has 0 saturated carbocycles. The third-order valence-electron chi connectivity index (χ3n) is 5.48. The fraction of sp³-hybridized carbons (Fsp3) is 0.273. The monoisotopic (exact) mass is 518 g/mol. The van der Waals surface area contributed by atoms with Gasteiger partial charge in [-0.15, -0.1) is 6.42 Å². The van der Waals surface area contributed by atoms with E-state index in [4.69, 9.17) is 11.6 Å². The van der Waals surface area contributed by atoms with E-state index in [0.29, 0.717) is 23.3 Å². The predicted octanol–water partition coefficient (Wildman–Crippen LogP) is 1.90. The van der Waals surface area contributed by atoms with Gasteiger partial charge in [-0.05, 0) is 55.3 Å². The van der Waals surface area contributed by atoms with Crippen LogP contribution in [0.25, 0.3) is 10.2 Å². The maximum absolute atomic E-state index is 12.8. The van der Waals surface area contributed by atoms with Crippen LogP contribution in [0.1, 0.15) is 29.6 Å². The number of thiazole rings is 1. The number of nitrogens with two attached hydrogens (primary N) is 1. The number of carbonyl (C=O) groups excluding carboxylic acids is 1. The highest BCUT2D eigenvalue weighted by molar-refractivity contribution is 7.89. The number of hydrogen-bond donors (Lipinski definition) is 1. The Kier molecular flexibility index (Phi) is 6.75. The number of amides is 1. The second-order valence-corrected chi connectivity index (χ2v) is 12.3. The SMILES string of the molecule is C#CCn1c(=NC(=O)c2ccc(S(=O)(=O)N3CCCCC3)cc2)sc2cc(S(N)(=O)=O)ccc21. The summed E-state index contributed by atoms with van der Waals surface area (Å²) in [7, 11) is -7.50. The number of terminal acetylenes is 1. The van der Waals surface area contributed by atoms with Crippen molar-refractivity contribution in [3.8, 4) is 12.3 Å². The van der Waals surface area contributed by atoms with Crippen LogP contribution in [0.3, 0.4) is 0 Å². The van der Waals surface area contributed by atoms with Crippen LogP contribution >= 0.6 is 11.3 Å². The molecule has 0 spiro atoms. The number of fused-ring (bicyclic) bond motifs is 1. The topological polar surface area (TPSA) is 132 Å². The summed E-state index contributed by atoms with van der Waals surface area (Å²) in [5.74, 6) is 1.92. The molecule has 2 heterocycles. The van der Waals surface area contributed by atoms with Crippen molar-refractivity contribution in [2.75, 3.05) is 13.1 Å². The summed E-state index contributed by atoms with van der Waals surface area (Å²) in [5.41, 5.74) is 0.831. The Labute approximate surface area is 201 Å². The minimum absolute atomic E-state index is 0.0579. The zero-order chi connectivity index (χ0) is 24.5. The molecule has 9 nitrogen and oxygen atoms in total. The van der Waals surface area contributed by atoms with Crippen molar-refractivity contribution in [3.05, 3.63) is 52.8 Å². The molecule has 2 N–H and O–H groups in total. The van der Waals surface area contributed by atoms with E-state index in [1.54, 1.807) is 10.6 Å². The number of sulfonamides is 2. The lowest BCUT2D eigenvalue weighted by atomic mass is 10.2. The summed E-state index contributed by atoms with van der Waals surface area (Å²) < 4.78 is 52.6. The van der Waals surface area contributed by atoms with Crippen molar-refractivity contribution < 1.29 is 21.6 Å². The molecule has 1 aromatic heterocycles. The molecule has 1 aliphatic rings. The molecule has 0 aliphatic carbocycles. The molecule has 178 valence electrons. The molecular weight excluding hydrogens is 496 g/mol. The molecule has 1 amide bonds. The van der Waals surface area contributed by atoms with Crippen LogP contribution in [0.15, 0.2) is 57.2 Å². The van der Waals surface area contributed by atoms with Gasteiger partial charge in [0.15, 0.2) is 4.80 Å². The van der Waals surface area contributed by atoms with Crippen LogP contribution in [0.5, 0.6) is 0 Å². The van der Waals surface area contributed by atoms with Gasteiger partial charge in [0.1, 0.15) is 0 Å². The lowest BCUT2D eigenvalue weighted by molar-refractivity contribution is 0.0997. The Balaban J connectivity index is 1.69. The van der Waals surface area contributed by atoms with Crippen molar-refractivity contribution in [2.45, 2.75) is 35.6 Å². The Bertz CT molecular complexity index is 1570. The summed E-state index contributed by atoms with van der Waals surface area (Å²) in [6.45, 7) is 1.10. The maximum atomic E-state index is 12.8. The van der Waals surface area contributed by atoms with E-state index in [2.05, 4.69) is 10.9 Å². The van der Waals surface area contributed by atoms with Gasteiger partial charge in [0.05, 0.1) is 26.6 Å². The normalized spacial score (nSPS) is 15.9. The molecule has 34 heavy (non-hydrogen) atoms. The van der Waals surface area contributed by atoms with Gasteiger partial charge in [0, 0.05) is 18.7 Å². The van der Waals surface area contributed by atoms with Crippen LogP contribution in [0.2, 0.25) is 0 Å². The standard InChI is InChI=1S/C22H22N4O5S3/c1-2-12-26-19-11-10-18(33(23,28)29)15-20(19)32-22(26)24-21(27)16-6-8-17(9-7-16)34(30,31)25-13-4-3-5-14-25/h1,6-11,15H,3-5,12-14H2,(H2,23,28,29). The lowest BCUT2D eigenvalue weighted by Crippen LogP contribution is -2.35. The van der Waals surface area contributed by atoms with Gasteiger partial charge in [-0.1, -0.05) is 23.7 Å². The fourth-order valence-electron chi connectivity index (χ4n) is 3.74. The van der Waals surface area contributed by atoms with E-state index in [1.165, 1.54) is 40.7 Å². The maximum Gasteiger partial charge on any atom is 0.279 e. The first-order valence-corrected chi connectivity index (χ1v) is 14.2. The summed E-state index contributed by atoms with van der Waals surface area (Å²) >= 11 is 1.10. The summed E-state index contributed by atoms with van der Waals surface area (Å²) in [6.07, 6.45) is 8.15. The number of hydrogen-bond acceptors (Lipinski definition) is 6. The molecule has 1 fully saturated rings. The first-order chi connectivity index (χ1) is 16.1. The van der Waals surface area contributed by atoms with Crippen molar-refractivity contribution >= 4 is 47.5 Å². The number of primary sulfonamides is 1. The molecule has 0 unspecified atom stereocenters. The van der Waals surface area contributed by atoms with Gasteiger partial charge in [0.2, 0.25) is 20.0 Å². The molecule has 4 rings (SSSR count). The molecule has 3 aromatic rings. The largest absolute Gasteiger partial charge is 0.305 e. The van der Waals surface area contributed by atoms with Crippen LogP contribution in [-0.2, 0) is 26.6 Å².